The molecule has 1 aliphatic heterocycles. The predicted molar refractivity (Wildman–Crippen MR) is 133 cm³/mol. The molecule has 2 N–H and O–H groups in total. The van der Waals surface area contributed by atoms with E-state index in [1.807, 2.05) is 12.1 Å². The summed E-state index contributed by atoms with van der Waals surface area (Å²) >= 11 is 2.06. The fourth-order valence-electron chi connectivity index (χ4n) is 3.87. The van der Waals surface area contributed by atoms with Crippen LogP contribution in [0.3, 0.4) is 0 Å². The quantitative estimate of drug-likeness (QED) is 0.267. The molecule has 0 unspecified atom stereocenters. The number of carbonyl (C=O) groups excluding carboxylic acids is 2. The van der Waals surface area contributed by atoms with Gasteiger partial charge in [0, 0.05) is 6.42 Å². The summed E-state index contributed by atoms with van der Waals surface area (Å²) in [7, 11) is 0. The molecule has 0 spiro atoms. The number of aromatic nitrogens is 4. The summed E-state index contributed by atoms with van der Waals surface area (Å²) in [5.41, 5.74) is 7.34. The molecule has 0 amide bonds. The van der Waals surface area contributed by atoms with E-state index in [9.17, 15) is 9.59 Å². The van der Waals surface area contributed by atoms with Crippen LogP contribution in [-0.4, -0.2) is 50.5 Å². The van der Waals surface area contributed by atoms with Gasteiger partial charge in [-0.1, -0.05) is 36.4 Å². The number of nitrogens with two attached hydrogens (primary N) is 1. The van der Waals surface area contributed by atoms with E-state index in [0.29, 0.717) is 31.7 Å². The number of carbonyl (C=O) groups is 2. The number of nitrogens with zero attached hydrogens (tertiary/aromatic N) is 4. The highest BCUT2D eigenvalue weighted by Crippen LogP contribution is 2.35. The van der Waals surface area contributed by atoms with Crippen molar-refractivity contribution in [1.82, 2.24) is 19.7 Å². The van der Waals surface area contributed by atoms with Crippen molar-refractivity contribution in [2.24, 2.45) is 0 Å². The van der Waals surface area contributed by atoms with Gasteiger partial charge in [-0.25, -0.2) is 24.2 Å². The molecule has 11 heteroatoms. The van der Waals surface area contributed by atoms with Crippen LogP contribution in [-0.2, 0) is 14.2 Å². The fourth-order valence-corrected chi connectivity index (χ4v) is 4.62. The van der Waals surface area contributed by atoms with Gasteiger partial charge in [0.1, 0.15) is 34.7 Å². The van der Waals surface area contributed by atoms with Crippen LogP contribution in [0.2, 0.25) is 0 Å². The van der Waals surface area contributed by atoms with Gasteiger partial charge in [-0.05, 0) is 46.9 Å². The van der Waals surface area contributed by atoms with Crippen molar-refractivity contribution in [3.8, 4) is 0 Å². The number of fused-ring (bicyclic) bond motifs is 1. The topological polar surface area (TPSA) is 131 Å². The highest BCUT2D eigenvalue weighted by atomic mass is 127. The van der Waals surface area contributed by atoms with Gasteiger partial charge in [0.05, 0.1) is 16.5 Å². The highest BCUT2D eigenvalue weighted by Gasteiger charge is 2.41. The number of rotatable bonds is 6. The Labute approximate surface area is 213 Å². The molecule has 1 saturated heterocycles. The lowest BCUT2D eigenvalue weighted by molar-refractivity contribution is -0.0591. The number of benzene rings is 2. The number of ether oxygens (including phenoxy) is 3. The van der Waals surface area contributed by atoms with E-state index >= 15 is 0 Å². The van der Waals surface area contributed by atoms with Gasteiger partial charge in [0.25, 0.3) is 0 Å². The number of hydrogen-bond acceptors (Lipinski definition) is 9. The SMILES string of the molecule is Nc1ncnc2c1c(I)nn2[C@H]1C[C@H](OC(=O)c2ccccc2)[C@H](COC(=O)c2ccccc2)O1. The van der Waals surface area contributed by atoms with Crippen molar-refractivity contribution < 1.29 is 23.8 Å². The molecule has 178 valence electrons. The van der Waals surface area contributed by atoms with Gasteiger partial charge < -0.3 is 19.9 Å². The number of hydrogen-bond donors (Lipinski definition) is 1. The van der Waals surface area contributed by atoms with Crippen LogP contribution < -0.4 is 5.73 Å². The first-order valence-electron chi connectivity index (χ1n) is 10.8. The molecule has 0 bridgehead atoms. The Kier molecular flexibility index (Phi) is 6.59. The van der Waals surface area contributed by atoms with E-state index < -0.39 is 30.4 Å². The predicted octanol–water partition coefficient (Wildman–Crippen LogP) is 3.38. The van der Waals surface area contributed by atoms with E-state index in [4.69, 9.17) is 19.9 Å². The molecule has 2 aromatic carbocycles. The maximum atomic E-state index is 12.8. The lowest BCUT2D eigenvalue weighted by atomic mass is 10.1. The fraction of sp³-hybridized carbons (Fsp3) is 0.208. The molecule has 10 nitrogen and oxygen atoms in total. The van der Waals surface area contributed by atoms with Crippen LogP contribution >= 0.6 is 22.6 Å². The second-order valence-corrected chi connectivity index (χ2v) is 8.85. The minimum absolute atomic E-state index is 0.107. The van der Waals surface area contributed by atoms with Crippen molar-refractivity contribution in [3.63, 3.8) is 0 Å². The maximum absolute atomic E-state index is 12.8. The van der Waals surface area contributed by atoms with Crippen molar-refractivity contribution in [1.29, 1.82) is 0 Å². The second kappa shape index (κ2) is 9.96. The Hall–Kier alpha value is -3.58. The van der Waals surface area contributed by atoms with Crippen molar-refractivity contribution in [2.75, 3.05) is 12.3 Å². The summed E-state index contributed by atoms with van der Waals surface area (Å²) in [6.45, 7) is -0.107. The molecule has 5 rings (SSSR count). The summed E-state index contributed by atoms with van der Waals surface area (Å²) in [6, 6.07) is 17.3. The van der Waals surface area contributed by atoms with Crippen molar-refractivity contribution in [3.05, 3.63) is 81.8 Å². The lowest BCUT2D eigenvalue weighted by Gasteiger charge is -2.19. The Balaban J connectivity index is 1.39. The van der Waals surface area contributed by atoms with Crippen molar-refractivity contribution in [2.45, 2.75) is 24.9 Å². The molecule has 4 aromatic rings. The van der Waals surface area contributed by atoms with E-state index in [1.54, 1.807) is 53.2 Å². The van der Waals surface area contributed by atoms with E-state index in [1.165, 1.54) is 6.33 Å². The van der Waals surface area contributed by atoms with Crippen LogP contribution in [0.25, 0.3) is 11.0 Å². The molecule has 3 atom stereocenters. The molecule has 2 aromatic heterocycles. The van der Waals surface area contributed by atoms with Gasteiger partial charge in [-0.15, -0.1) is 0 Å². The maximum Gasteiger partial charge on any atom is 0.338 e. The van der Waals surface area contributed by atoms with Crippen LogP contribution in [0.1, 0.15) is 33.4 Å². The summed E-state index contributed by atoms with van der Waals surface area (Å²) in [6.07, 6.45) is -0.386. The van der Waals surface area contributed by atoms with Gasteiger partial charge in [0.2, 0.25) is 0 Å². The first kappa shape index (κ1) is 23.2. The number of nitrogen functional groups attached to an aromatic ring is 1. The first-order valence-corrected chi connectivity index (χ1v) is 11.9. The Morgan fingerprint density at radius 3 is 2.37 bits per heavy atom. The minimum atomic E-state index is -0.712. The minimum Gasteiger partial charge on any atom is -0.459 e. The average Bonchev–Trinajstić information content (AvgIpc) is 3.44. The van der Waals surface area contributed by atoms with E-state index in [0.717, 1.165) is 0 Å². The summed E-state index contributed by atoms with van der Waals surface area (Å²) in [5.74, 6) is -0.680. The standard InChI is InChI=1S/C24H20IN5O5/c25-20-19-21(26)27-13-28-22(19)30(29-20)18-11-16(35-24(32)15-9-5-2-6-10-15)17(34-18)12-33-23(31)14-7-3-1-4-8-14/h1-10,13,16-18H,11-12H2,(H2,26,27,28)/t16-,17-,18+/m0/s1. The second-order valence-electron chi connectivity index (χ2n) is 7.83. The van der Waals surface area contributed by atoms with Gasteiger partial charge in [0.15, 0.2) is 11.9 Å². The molecule has 3 heterocycles. The van der Waals surface area contributed by atoms with Gasteiger partial charge in [-0.2, -0.15) is 5.10 Å². The largest absolute Gasteiger partial charge is 0.459 e. The zero-order valence-corrected chi connectivity index (χ0v) is 20.4. The lowest BCUT2D eigenvalue weighted by Crippen LogP contribution is -2.32. The van der Waals surface area contributed by atoms with Crippen LogP contribution in [0.5, 0.6) is 0 Å². The van der Waals surface area contributed by atoms with Gasteiger partial charge in [-0.3, -0.25) is 0 Å². The molecule has 1 aliphatic rings. The van der Waals surface area contributed by atoms with Crippen LogP contribution in [0.4, 0.5) is 5.82 Å². The zero-order valence-electron chi connectivity index (χ0n) is 18.3. The Morgan fingerprint density at radius 1 is 1.03 bits per heavy atom. The highest BCUT2D eigenvalue weighted by molar-refractivity contribution is 14.1. The van der Waals surface area contributed by atoms with Crippen molar-refractivity contribution >= 4 is 51.4 Å². The van der Waals surface area contributed by atoms with Crippen LogP contribution in [0.15, 0.2) is 67.0 Å². The van der Waals surface area contributed by atoms with Crippen LogP contribution in [0, 0.1) is 3.70 Å². The molecule has 0 saturated carbocycles. The third-order valence-corrected chi connectivity index (χ3v) is 6.34. The smallest absolute Gasteiger partial charge is 0.338 e. The normalized spacial score (nSPS) is 19.5. The third kappa shape index (κ3) is 4.82. The van der Waals surface area contributed by atoms with E-state index in [-0.39, 0.29) is 13.0 Å². The number of anilines is 1. The summed E-state index contributed by atoms with van der Waals surface area (Å²) in [4.78, 5) is 33.6. The molecular weight excluding hydrogens is 565 g/mol. The number of halogens is 1. The van der Waals surface area contributed by atoms with Gasteiger partial charge >= 0.3 is 11.9 Å². The third-order valence-electron chi connectivity index (χ3n) is 5.58. The first-order chi connectivity index (χ1) is 17.0. The zero-order chi connectivity index (χ0) is 24.4. The Morgan fingerprint density at radius 2 is 1.69 bits per heavy atom. The number of esters is 2. The monoisotopic (exact) mass is 585 g/mol. The average molecular weight is 585 g/mol. The summed E-state index contributed by atoms with van der Waals surface area (Å²) < 4.78 is 19.7. The van der Waals surface area contributed by atoms with E-state index in [2.05, 4.69) is 37.7 Å². The summed E-state index contributed by atoms with van der Waals surface area (Å²) in [5, 5.41) is 5.15. The molecule has 0 radical (unpaired) electrons. The molecule has 1 fully saturated rings. The molecule has 0 aliphatic carbocycles. The molecular formula is C24H20IN5O5. The Bertz CT molecular complexity index is 1370. The molecule has 35 heavy (non-hydrogen) atoms.